The van der Waals surface area contributed by atoms with Crippen LogP contribution in [-0.4, -0.2) is 11.7 Å². The van der Waals surface area contributed by atoms with Gasteiger partial charge < -0.3 is 5.11 Å². The molecule has 1 N–H and O–H groups in total. The molecular formula is C14H12ClFO. The molecule has 0 saturated heterocycles. The van der Waals surface area contributed by atoms with E-state index >= 15 is 0 Å². The summed E-state index contributed by atoms with van der Waals surface area (Å²) in [5, 5.41) is 8.51. The van der Waals surface area contributed by atoms with E-state index in [1.54, 1.807) is 42.5 Å². The van der Waals surface area contributed by atoms with Crippen LogP contribution in [0.4, 0.5) is 4.39 Å². The Balaban J connectivity index is 2.33. The van der Waals surface area contributed by atoms with Crippen LogP contribution in [0.3, 0.4) is 0 Å². The molecule has 2 rings (SSSR count). The minimum absolute atomic E-state index is 0.111. The van der Waals surface area contributed by atoms with E-state index in [4.69, 9.17) is 16.7 Å². The van der Waals surface area contributed by atoms with Crippen LogP contribution in [-0.2, 0) is 0 Å². The molecule has 0 aliphatic rings. The minimum atomic E-state index is -0.412. The molecule has 17 heavy (non-hydrogen) atoms. The van der Waals surface area contributed by atoms with Crippen LogP contribution in [0.1, 0.15) is 10.9 Å². The number of benzene rings is 2. The van der Waals surface area contributed by atoms with Crippen molar-refractivity contribution in [1.82, 2.24) is 0 Å². The van der Waals surface area contributed by atoms with E-state index in [0.717, 1.165) is 11.1 Å². The molecule has 0 fully saturated rings. The topological polar surface area (TPSA) is 20.2 Å². The Morgan fingerprint density at radius 2 is 1.71 bits per heavy atom. The van der Waals surface area contributed by atoms with Gasteiger partial charge in [0.1, 0.15) is 5.82 Å². The predicted molar refractivity (Wildman–Crippen MR) is 67.5 cm³/mol. The van der Waals surface area contributed by atoms with Gasteiger partial charge in [-0.25, -0.2) is 4.39 Å². The fourth-order valence-electron chi connectivity index (χ4n) is 1.67. The molecule has 0 amide bonds. The van der Waals surface area contributed by atoms with E-state index in [0.29, 0.717) is 5.56 Å². The number of aliphatic hydroxyl groups is 1. The third-order valence-corrected chi connectivity index (χ3v) is 3.01. The van der Waals surface area contributed by atoms with Gasteiger partial charge in [0.25, 0.3) is 0 Å². The van der Waals surface area contributed by atoms with Gasteiger partial charge in [-0.2, -0.15) is 0 Å². The first-order valence-corrected chi connectivity index (χ1v) is 5.76. The molecule has 2 aromatic rings. The summed E-state index contributed by atoms with van der Waals surface area (Å²) in [5.41, 5.74) is 2.19. The highest BCUT2D eigenvalue weighted by atomic mass is 35.5. The van der Waals surface area contributed by atoms with E-state index < -0.39 is 5.38 Å². The SMILES string of the molecule is OCC(Cl)c1ccc(-c2ccccc2F)cc1. The molecule has 0 radical (unpaired) electrons. The average Bonchev–Trinajstić information content (AvgIpc) is 2.39. The van der Waals surface area contributed by atoms with Crippen molar-refractivity contribution in [1.29, 1.82) is 0 Å². The number of halogens is 2. The molecule has 2 aromatic carbocycles. The van der Waals surface area contributed by atoms with Gasteiger partial charge in [-0.15, -0.1) is 11.6 Å². The van der Waals surface area contributed by atoms with E-state index in [2.05, 4.69) is 0 Å². The maximum Gasteiger partial charge on any atom is 0.131 e. The van der Waals surface area contributed by atoms with Crippen LogP contribution in [0.2, 0.25) is 0 Å². The smallest absolute Gasteiger partial charge is 0.131 e. The Labute approximate surface area is 104 Å². The monoisotopic (exact) mass is 250 g/mol. The zero-order chi connectivity index (χ0) is 12.3. The Bertz CT molecular complexity index is 496. The Morgan fingerprint density at radius 1 is 1.06 bits per heavy atom. The van der Waals surface area contributed by atoms with Gasteiger partial charge in [0.2, 0.25) is 0 Å². The molecule has 1 unspecified atom stereocenters. The van der Waals surface area contributed by atoms with Gasteiger partial charge in [0, 0.05) is 5.56 Å². The van der Waals surface area contributed by atoms with Crippen LogP contribution < -0.4 is 0 Å². The van der Waals surface area contributed by atoms with Gasteiger partial charge in [0.05, 0.1) is 12.0 Å². The number of aliphatic hydroxyl groups excluding tert-OH is 1. The quantitative estimate of drug-likeness (QED) is 0.823. The standard InChI is InChI=1S/C14H12ClFO/c15-13(9-17)11-7-5-10(6-8-11)12-3-1-2-4-14(12)16/h1-8,13,17H,9H2. The summed E-state index contributed by atoms with van der Waals surface area (Å²) in [4.78, 5) is 0. The molecular weight excluding hydrogens is 239 g/mol. The summed E-state index contributed by atoms with van der Waals surface area (Å²) in [5.74, 6) is -0.246. The zero-order valence-electron chi connectivity index (χ0n) is 9.11. The van der Waals surface area contributed by atoms with Gasteiger partial charge in [0.15, 0.2) is 0 Å². The normalized spacial score (nSPS) is 12.4. The second kappa shape index (κ2) is 5.30. The number of alkyl halides is 1. The molecule has 1 nitrogen and oxygen atoms in total. The minimum Gasteiger partial charge on any atom is -0.394 e. The Hall–Kier alpha value is -1.38. The van der Waals surface area contributed by atoms with E-state index in [-0.39, 0.29) is 12.4 Å². The lowest BCUT2D eigenvalue weighted by atomic mass is 10.0. The summed E-state index contributed by atoms with van der Waals surface area (Å²) in [7, 11) is 0. The molecule has 88 valence electrons. The molecule has 1 atom stereocenters. The zero-order valence-corrected chi connectivity index (χ0v) is 9.86. The highest BCUT2D eigenvalue weighted by Gasteiger charge is 2.07. The first-order valence-electron chi connectivity index (χ1n) is 5.32. The van der Waals surface area contributed by atoms with Crippen molar-refractivity contribution in [2.75, 3.05) is 6.61 Å². The van der Waals surface area contributed by atoms with Crippen LogP contribution >= 0.6 is 11.6 Å². The predicted octanol–water partition coefficient (Wildman–Crippen LogP) is 3.76. The molecule has 0 saturated carbocycles. The van der Waals surface area contributed by atoms with Gasteiger partial charge in [-0.1, -0.05) is 42.5 Å². The van der Waals surface area contributed by atoms with E-state index in [9.17, 15) is 4.39 Å². The number of hydrogen-bond acceptors (Lipinski definition) is 1. The molecule has 0 spiro atoms. The van der Waals surface area contributed by atoms with Crippen molar-refractivity contribution in [2.24, 2.45) is 0 Å². The molecule has 0 aromatic heterocycles. The summed E-state index contributed by atoms with van der Waals surface area (Å²) in [6, 6.07) is 13.8. The maximum atomic E-state index is 13.5. The average molecular weight is 251 g/mol. The largest absolute Gasteiger partial charge is 0.394 e. The number of rotatable bonds is 3. The Morgan fingerprint density at radius 3 is 2.29 bits per heavy atom. The Kier molecular flexibility index (Phi) is 3.77. The summed E-state index contributed by atoms with van der Waals surface area (Å²) < 4.78 is 13.5. The van der Waals surface area contributed by atoms with Crippen molar-refractivity contribution in [3.05, 3.63) is 59.9 Å². The maximum absolute atomic E-state index is 13.5. The second-order valence-electron chi connectivity index (χ2n) is 3.75. The van der Waals surface area contributed by atoms with Crippen molar-refractivity contribution in [3.8, 4) is 11.1 Å². The number of hydrogen-bond donors (Lipinski definition) is 1. The van der Waals surface area contributed by atoms with E-state index in [1.807, 2.05) is 0 Å². The highest BCUT2D eigenvalue weighted by molar-refractivity contribution is 6.20. The molecule has 0 heterocycles. The highest BCUT2D eigenvalue weighted by Crippen LogP contribution is 2.26. The molecule has 0 aliphatic heterocycles. The van der Waals surface area contributed by atoms with E-state index in [1.165, 1.54) is 6.07 Å². The first kappa shape index (κ1) is 12.1. The fourth-order valence-corrected chi connectivity index (χ4v) is 1.82. The van der Waals surface area contributed by atoms with Gasteiger partial charge in [-0.05, 0) is 17.2 Å². The third kappa shape index (κ3) is 2.65. The molecule has 0 bridgehead atoms. The molecule has 3 heteroatoms. The van der Waals surface area contributed by atoms with Crippen molar-refractivity contribution in [2.45, 2.75) is 5.38 Å². The first-order chi connectivity index (χ1) is 8.22. The van der Waals surface area contributed by atoms with Crippen molar-refractivity contribution >= 4 is 11.6 Å². The summed E-state index contributed by atoms with van der Waals surface area (Å²) in [6.07, 6.45) is 0. The summed E-state index contributed by atoms with van der Waals surface area (Å²) >= 11 is 5.90. The summed E-state index contributed by atoms with van der Waals surface area (Å²) in [6.45, 7) is -0.111. The second-order valence-corrected chi connectivity index (χ2v) is 4.28. The lowest BCUT2D eigenvalue weighted by Crippen LogP contribution is -1.95. The van der Waals surface area contributed by atoms with Crippen molar-refractivity contribution < 1.29 is 9.50 Å². The lowest BCUT2D eigenvalue weighted by Gasteiger charge is -2.08. The van der Waals surface area contributed by atoms with Gasteiger partial charge >= 0.3 is 0 Å². The van der Waals surface area contributed by atoms with Gasteiger partial charge in [-0.3, -0.25) is 0 Å². The van der Waals surface area contributed by atoms with Crippen molar-refractivity contribution in [3.63, 3.8) is 0 Å². The van der Waals surface area contributed by atoms with Crippen LogP contribution in [0.5, 0.6) is 0 Å². The van der Waals surface area contributed by atoms with Crippen LogP contribution in [0, 0.1) is 5.82 Å². The third-order valence-electron chi connectivity index (χ3n) is 2.62. The fraction of sp³-hybridized carbons (Fsp3) is 0.143. The van der Waals surface area contributed by atoms with Crippen LogP contribution in [0.15, 0.2) is 48.5 Å². The van der Waals surface area contributed by atoms with Crippen LogP contribution in [0.25, 0.3) is 11.1 Å². The molecule has 0 aliphatic carbocycles. The lowest BCUT2D eigenvalue weighted by molar-refractivity contribution is 0.294.